The molecule has 19 heavy (non-hydrogen) atoms. The Morgan fingerprint density at radius 1 is 1.16 bits per heavy atom. The Bertz CT molecular complexity index is 627. The summed E-state index contributed by atoms with van der Waals surface area (Å²) in [6.45, 7) is 0. The van der Waals surface area contributed by atoms with Gasteiger partial charge < -0.3 is 14.6 Å². The van der Waals surface area contributed by atoms with E-state index < -0.39 is 12.1 Å². The second-order valence-electron chi connectivity index (χ2n) is 4.79. The number of carboxylic acid groups (broad SMARTS) is 1. The highest BCUT2D eigenvalue weighted by Crippen LogP contribution is 2.29. The molecule has 1 aromatic carbocycles. The SMILES string of the molecule is O=C(O)c1ccc(C(O)c2ccc3c(c2)CCC3)o1. The molecule has 1 unspecified atom stereocenters. The van der Waals surface area contributed by atoms with Gasteiger partial charge >= 0.3 is 5.97 Å². The third kappa shape index (κ3) is 2.15. The van der Waals surface area contributed by atoms with Crippen LogP contribution in [0.2, 0.25) is 0 Å². The van der Waals surface area contributed by atoms with Gasteiger partial charge in [0.05, 0.1) is 0 Å². The van der Waals surface area contributed by atoms with Crippen molar-refractivity contribution in [2.75, 3.05) is 0 Å². The minimum absolute atomic E-state index is 0.157. The Balaban J connectivity index is 1.90. The molecular weight excluding hydrogens is 244 g/mol. The van der Waals surface area contributed by atoms with Crippen molar-refractivity contribution in [1.82, 2.24) is 0 Å². The molecule has 0 saturated carbocycles. The largest absolute Gasteiger partial charge is 0.475 e. The zero-order valence-corrected chi connectivity index (χ0v) is 10.3. The Morgan fingerprint density at radius 3 is 2.68 bits per heavy atom. The lowest BCUT2D eigenvalue weighted by molar-refractivity contribution is 0.0655. The van der Waals surface area contributed by atoms with E-state index in [-0.39, 0.29) is 11.5 Å². The van der Waals surface area contributed by atoms with Gasteiger partial charge in [0.1, 0.15) is 11.9 Å². The second-order valence-corrected chi connectivity index (χ2v) is 4.79. The average molecular weight is 258 g/mol. The molecule has 4 nitrogen and oxygen atoms in total. The van der Waals surface area contributed by atoms with Crippen molar-refractivity contribution >= 4 is 5.97 Å². The fourth-order valence-electron chi connectivity index (χ4n) is 2.54. The Hall–Kier alpha value is -2.07. The van der Waals surface area contributed by atoms with E-state index in [2.05, 4.69) is 0 Å². The Morgan fingerprint density at radius 2 is 1.95 bits per heavy atom. The van der Waals surface area contributed by atoms with Gasteiger partial charge in [0.15, 0.2) is 0 Å². The molecule has 0 spiro atoms. The highest BCUT2D eigenvalue weighted by atomic mass is 16.4. The van der Waals surface area contributed by atoms with Crippen LogP contribution < -0.4 is 0 Å². The van der Waals surface area contributed by atoms with Gasteiger partial charge in [0, 0.05) is 0 Å². The lowest BCUT2D eigenvalue weighted by Crippen LogP contribution is -2.00. The maximum Gasteiger partial charge on any atom is 0.371 e. The van der Waals surface area contributed by atoms with Gasteiger partial charge in [-0.05, 0) is 48.1 Å². The topological polar surface area (TPSA) is 70.7 Å². The first-order valence-corrected chi connectivity index (χ1v) is 6.28. The van der Waals surface area contributed by atoms with Crippen molar-refractivity contribution < 1.29 is 19.4 Å². The summed E-state index contributed by atoms with van der Waals surface area (Å²) in [5.74, 6) is -1.03. The average Bonchev–Trinajstić information content (AvgIpc) is 3.06. The minimum atomic E-state index is -1.13. The maximum absolute atomic E-state index is 10.8. The Kier molecular flexibility index (Phi) is 2.87. The summed E-state index contributed by atoms with van der Waals surface area (Å²) in [4.78, 5) is 10.8. The molecule has 0 radical (unpaired) electrons. The fourth-order valence-corrected chi connectivity index (χ4v) is 2.54. The number of benzene rings is 1. The number of rotatable bonds is 3. The van der Waals surface area contributed by atoms with Crippen LogP contribution in [-0.4, -0.2) is 16.2 Å². The normalized spacial score (nSPS) is 15.2. The van der Waals surface area contributed by atoms with Crippen LogP contribution in [0.4, 0.5) is 0 Å². The van der Waals surface area contributed by atoms with E-state index in [4.69, 9.17) is 9.52 Å². The van der Waals surface area contributed by atoms with Crippen molar-refractivity contribution in [3.05, 3.63) is 58.5 Å². The van der Waals surface area contributed by atoms with Crippen LogP contribution in [-0.2, 0) is 12.8 Å². The molecule has 0 saturated heterocycles. The lowest BCUT2D eigenvalue weighted by atomic mass is 10.0. The first-order chi connectivity index (χ1) is 9.15. The highest BCUT2D eigenvalue weighted by molar-refractivity contribution is 5.84. The number of fused-ring (bicyclic) bond motifs is 1. The maximum atomic E-state index is 10.8. The molecular formula is C15H14O4. The molecule has 98 valence electrons. The summed E-state index contributed by atoms with van der Waals surface area (Å²) in [6.07, 6.45) is 2.36. The summed E-state index contributed by atoms with van der Waals surface area (Å²) in [7, 11) is 0. The summed E-state index contributed by atoms with van der Waals surface area (Å²) >= 11 is 0. The van der Waals surface area contributed by atoms with Gasteiger partial charge in [-0.3, -0.25) is 0 Å². The molecule has 4 heteroatoms. The van der Waals surface area contributed by atoms with Gasteiger partial charge in [-0.1, -0.05) is 18.2 Å². The zero-order chi connectivity index (χ0) is 13.4. The molecule has 2 N–H and O–H groups in total. The third-order valence-corrected chi connectivity index (χ3v) is 3.55. The van der Waals surface area contributed by atoms with Crippen LogP contribution in [0.1, 0.15) is 45.5 Å². The van der Waals surface area contributed by atoms with E-state index in [9.17, 15) is 9.90 Å². The molecule has 0 amide bonds. The number of aliphatic hydroxyl groups is 1. The number of hydrogen-bond donors (Lipinski definition) is 2. The monoisotopic (exact) mass is 258 g/mol. The number of aryl methyl sites for hydroxylation is 2. The van der Waals surface area contributed by atoms with Crippen LogP contribution in [0.5, 0.6) is 0 Å². The van der Waals surface area contributed by atoms with Gasteiger partial charge in [-0.15, -0.1) is 0 Å². The number of carboxylic acids is 1. The molecule has 0 fully saturated rings. The van der Waals surface area contributed by atoms with Gasteiger partial charge in [-0.25, -0.2) is 4.79 Å². The van der Waals surface area contributed by atoms with Crippen molar-refractivity contribution in [2.24, 2.45) is 0 Å². The molecule has 1 atom stereocenters. The summed E-state index contributed by atoms with van der Waals surface area (Å²) in [5, 5.41) is 19.0. The summed E-state index contributed by atoms with van der Waals surface area (Å²) in [5.41, 5.74) is 3.34. The van der Waals surface area contributed by atoms with Crippen LogP contribution in [0.25, 0.3) is 0 Å². The summed E-state index contributed by atoms with van der Waals surface area (Å²) in [6, 6.07) is 8.74. The predicted molar refractivity (Wildman–Crippen MR) is 68.2 cm³/mol. The highest BCUT2D eigenvalue weighted by Gasteiger charge is 2.19. The number of aliphatic hydroxyl groups excluding tert-OH is 1. The predicted octanol–water partition coefficient (Wildman–Crippen LogP) is 2.55. The number of furan rings is 1. The zero-order valence-electron chi connectivity index (χ0n) is 10.3. The molecule has 0 aliphatic heterocycles. The van der Waals surface area contributed by atoms with E-state index in [1.54, 1.807) is 0 Å². The van der Waals surface area contributed by atoms with Crippen molar-refractivity contribution in [3.8, 4) is 0 Å². The second kappa shape index (κ2) is 4.55. The van der Waals surface area contributed by atoms with Gasteiger partial charge in [0.25, 0.3) is 0 Å². The quantitative estimate of drug-likeness (QED) is 0.887. The molecule has 1 heterocycles. The first-order valence-electron chi connectivity index (χ1n) is 6.28. The molecule has 2 aromatic rings. The smallest absolute Gasteiger partial charge is 0.371 e. The van der Waals surface area contributed by atoms with Crippen LogP contribution in [0.3, 0.4) is 0 Å². The van der Waals surface area contributed by atoms with Gasteiger partial charge in [0.2, 0.25) is 5.76 Å². The Labute approximate surface area is 110 Å². The molecule has 1 aliphatic rings. The number of carbonyl (C=O) groups is 1. The van der Waals surface area contributed by atoms with Gasteiger partial charge in [-0.2, -0.15) is 0 Å². The third-order valence-electron chi connectivity index (χ3n) is 3.55. The first kappa shape index (κ1) is 12.0. The van der Waals surface area contributed by atoms with Crippen LogP contribution >= 0.6 is 0 Å². The molecule has 3 rings (SSSR count). The van der Waals surface area contributed by atoms with Crippen molar-refractivity contribution in [2.45, 2.75) is 25.4 Å². The van der Waals surface area contributed by atoms with E-state index in [0.717, 1.165) is 24.8 Å². The number of hydrogen-bond acceptors (Lipinski definition) is 3. The molecule has 1 aliphatic carbocycles. The van der Waals surface area contributed by atoms with Crippen molar-refractivity contribution in [3.63, 3.8) is 0 Å². The number of aromatic carboxylic acids is 1. The van der Waals surface area contributed by atoms with E-state index in [1.165, 1.54) is 23.3 Å². The fraction of sp³-hybridized carbons (Fsp3) is 0.267. The van der Waals surface area contributed by atoms with E-state index in [0.29, 0.717) is 0 Å². The van der Waals surface area contributed by atoms with E-state index >= 15 is 0 Å². The molecule has 1 aromatic heterocycles. The summed E-state index contributed by atoms with van der Waals surface area (Å²) < 4.78 is 5.13. The lowest BCUT2D eigenvalue weighted by Gasteiger charge is -2.10. The van der Waals surface area contributed by atoms with E-state index in [1.807, 2.05) is 18.2 Å². The minimum Gasteiger partial charge on any atom is -0.475 e. The van der Waals surface area contributed by atoms with Crippen molar-refractivity contribution in [1.29, 1.82) is 0 Å². The van der Waals surface area contributed by atoms with Crippen LogP contribution in [0.15, 0.2) is 34.7 Å². The van der Waals surface area contributed by atoms with Crippen LogP contribution in [0, 0.1) is 0 Å². The molecule has 0 bridgehead atoms. The standard InChI is InChI=1S/C15H14O4/c16-14(12-6-7-13(19-12)15(17)18)11-5-4-9-2-1-3-10(9)8-11/h4-8,14,16H,1-3H2,(H,17,18).